The van der Waals surface area contributed by atoms with Crippen LogP contribution < -0.4 is 0 Å². The molecule has 3 heteroatoms. The number of hydrogen-bond donors (Lipinski definition) is 0. The van der Waals surface area contributed by atoms with E-state index < -0.39 is 0 Å². The molecular formula is C15H33NO2. The Balaban J connectivity index is 4.07. The van der Waals surface area contributed by atoms with Gasteiger partial charge in [-0.05, 0) is 33.1 Å². The van der Waals surface area contributed by atoms with Gasteiger partial charge in [-0.15, -0.1) is 0 Å². The van der Waals surface area contributed by atoms with Crippen molar-refractivity contribution < 1.29 is 9.47 Å². The fourth-order valence-corrected chi connectivity index (χ4v) is 1.91. The molecule has 0 aromatic carbocycles. The SMILES string of the molecule is CCCCOC(C)N(CCC)C(C)OCCCC. The lowest BCUT2D eigenvalue weighted by molar-refractivity contribution is -0.141. The molecule has 0 aromatic rings. The highest BCUT2D eigenvalue weighted by Gasteiger charge is 2.19. The largest absolute Gasteiger partial charge is 0.363 e. The standard InChI is InChI=1S/C15H33NO2/c1-6-9-12-17-14(4)16(11-8-3)15(5)18-13-10-7-2/h14-15H,6-13H2,1-5H3. The zero-order chi connectivity index (χ0) is 13.8. The fraction of sp³-hybridized carbons (Fsp3) is 1.00. The Bertz CT molecular complexity index is 160. The van der Waals surface area contributed by atoms with Crippen molar-refractivity contribution >= 4 is 0 Å². The quantitative estimate of drug-likeness (QED) is 0.390. The van der Waals surface area contributed by atoms with Crippen molar-refractivity contribution in [3.63, 3.8) is 0 Å². The van der Waals surface area contributed by atoms with E-state index in [1.807, 2.05) is 0 Å². The topological polar surface area (TPSA) is 21.7 Å². The van der Waals surface area contributed by atoms with Crippen LogP contribution in [0.1, 0.15) is 66.7 Å². The van der Waals surface area contributed by atoms with Crippen molar-refractivity contribution in [3.8, 4) is 0 Å². The van der Waals surface area contributed by atoms with Gasteiger partial charge < -0.3 is 9.47 Å². The lowest BCUT2D eigenvalue weighted by Crippen LogP contribution is -2.43. The molecule has 0 saturated heterocycles. The summed E-state index contributed by atoms with van der Waals surface area (Å²) in [6.45, 7) is 13.6. The van der Waals surface area contributed by atoms with E-state index in [4.69, 9.17) is 9.47 Å². The second-order valence-corrected chi connectivity index (χ2v) is 4.89. The summed E-state index contributed by atoms with van der Waals surface area (Å²) in [6, 6.07) is 0. The van der Waals surface area contributed by atoms with E-state index in [-0.39, 0.29) is 12.5 Å². The lowest BCUT2D eigenvalue weighted by atomic mass is 10.3. The summed E-state index contributed by atoms with van der Waals surface area (Å²) in [4.78, 5) is 2.31. The van der Waals surface area contributed by atoms with E-state index in [1.54, 1.807) is 0 Å². The first-order chi connectivity index (χ1) is 8.67. The Morgan fingerprint density at radius 3 is 1.56 bits per heavy atom. The van der Waals surface area contributed by atoms with Gasteiger partial charge in [0.05, 0.1) is 0 Å². The number of ether oxygens (including phenoxy) is 2. The Morgan fingerprint density at radius 1 is 0.778 bits per heavy atom. The van der Waals surface area contributed by atoms with Crippen molar-refractivity contribution in [2.24, 2.45) is 0 Å². The predicted octanol–water partition coefficient (Wildman–Crippen LogP) is 4.02. The van der Waals surface area contributed by atoms with E-state index >= 15 is 0 Å². The number of rotatable bonds is 12. The third kappa shape index (κ3) is 8.06. The summed E-state index contributed by atoms with van der Waals surface area (Å²) in [5, 5.41) is 0. The van der Waals surface area contributed by atoms with Crippen LogP contribution >= 0.6 is 0 Å². The highest BCUT2D eigenvalue weighted by atomic mass is 16.5. The zero-order valence-corrected chi connectivity index (χ0v) is 13.1. The summed E-state index contributed by atoms with van der Waals surface area (Å²) in [6.07, 6.45) is 6.06. The van der Waals surface area contributed by atoms with Gasteiger partial charge in [-0.2, -0.15) is 0 Å². The van der Waals surface area contributed by atoms with Crippen molar-refractivity contribution in [2.45, 2.75) is 79.2 Å². The van der Waals surface area contributed by atoms with Gasteiger partial charge >= 0.3 is 0 Å². The van der Waals surface area contributed by atoms with Crippen molar-refractivity contribution in [2.75, 3.05) is 19.8 Å². The molecule has 2 atom stereocenters. The number of unbranched alkanes of at least 4 members (excludes halogenated alkanes) is 2. The molecule has 18 heavy (non-hydrogen) atoms. The highest BCUT2D eigenvalue weighted by Crippen LogP contribution is 2.10. The van der Waals surface area contributed by atoms with Gasteiger partial charge in [0.2, 0.25) is 0 Å². The Labute approximate surface area is 114 Å². The van der Waals surface area contributed by atoms with Crippen molar-refractivity contribution in [1.29, 1.82) is 0 Å². The molecule has 2 unspecified atom stereocenters. The molecule has 0 fully saturated rings. The third-order valence-corrected chi connectivity index (χ3v) is 3.13. The van der Waals surface area contributed by atoms with E-state index in [2.05, 4.69) is 39.5 Å². The normalized spacial score (nSPS) is 15.0. The Hall–Kier alpha value is -0.120. The van der Waals surface area contributed by atoms with Crippen LogP contribution in [0.2, 0.25) is 0 Å². The summed E-state index contributed by atoms with van der Waals surface area (Å²) < 4.78 is 11.7. The molecule has 0 spiro atoms. The van der Waals surface area contributed by atoms with Gasteiger partial charge in [0.15, 0.2) is 0 Å². The van der Waals surface area contributed by atoms with Gasteiger partial charge in [0.25, 0.3) is 0 Å². The molecular weight excluding hydrogens is 226 g/mol. The van der Waals surface area contributed by atoms with E-state index in [0.29, 0.717) is 0 Å². The maximum absolute atomic E-state index is 5.87. The van der Waals surface area contributed by atoms with Crippen LogP contribution in [0, 0.1) is 0 Å². The first-order valence-electron chi connectivity index (χ1n) is 7.66. The summed E-state index contributed by atoms with van der Waals surface area (Å²) in [5.74, 6) is 0. The maximum atomic E-state index is 5.87. The van der Waals surface area contributed by atoms with E-state index in [1.165, 1.54) is 12.8 Å². The highest BCUT2D eigenvalue weighted by molar-refractivity contribution is 4.61. The molecule has 0 aliphatic carbocycles. The summed E-state index contributed by atoms with van der Waals surface area (Å²) >= 11 is 0. The molecule has 0 amide bonds. The molecule has 3 nitrogen and oxygen atoms in total. The van der Waals surface area contributed by atoms with Crippen LogP contribution in [0.15, 0.2) is 0 Å². The summed E-state index contributed by atoms with van der Waals surface area (Å²) in [5.41, 5.74) is 0. The average molecular weight is 259 g/mol. The minimum atomic E-state index is 0.146. The molecule has 0 radical (unpaired) electrons. The number of hydrogen-bond acceptors (Lipinski definition) is 3. The van der Waals surface area contributed by atoms with Crippen molar-refractivity contribution in [3.05, 3.63) is 0 Å². The Morgan fingerprint density at radius 2 is 1.22 bits per heavy atom. The lowest BCUT2D eigenvalue weighted by Gasteiger charge is -2.33. The molecule has 0 saturated carbocycles. The second kappa shape index (κ2) is 11.9. The van der Waals surface area contributed by atoms with Gasteiger partial charge in [0.1, 0.15) is 12.5 Å². The van der Waals surface area contributed by atoms with Crippen LogP contribution in [0.25, 0.3) is 0 Å². The van der Waals surface area contributed by atoms with E-state index in [0.717, 1.165) is 39.0 Å². The molecule has 110 valence electrons. The maximum Gasteiger partial charge on any atom is 0.109 e. The molecule has 0 aromatic heterocycles. The summed E-state index contributed by atoms with van der Waals surface area (Å²) in [7, 11) is 0. The monoisotopic (exact) mass is 259 g/mol. The molecule has 0 rings (SSSR count). The predicted molar refractivity (Wildman–Crippen MR) is 77.6 cm³/mol. The van der Waals surface area contributed by atoms with Gasteiger partial charge in [-0.3, -0.25) is 4.90 Å². The first-order valence-corrected chi connectivity index (χ1v) is 7.66. The Kier molecular flexibility index (Phi) is 11.9. The minimum absolute atomic E-state index is 0.146. The van der Waals surface area contributed by atoms with Crippen LogP contribution in [0.3, 0.4) is 0 Å². The van der Waals surface area contributed by atoms with Gasteiger partial charge in [0, 0.05) is 19.8 Å². The molecule has 0 aliphatic heterocycles. The van der Waals surface area contributed by atoms with Crippen LogP contribution in [0.5, 0.6) is 0 Å². The van der Waals surface area contributed by atoms with Crippen LogP contribution in [-0.2, 0) is 9.47 Å². The second-order valence-electron chi connectivity index (χ2n) is 4.89. The molecule has 0 bridgehead atoms. The van der Waals surface area contributed by atoms with Gasteiger partial charge in [-0.1, -0.05) is 33.6 Å². The van der Waals surface area contributed by atoms with Crippen LogP contribution in [0.4, 0.5) is 0 Å². The minimum Gasteiger partial charge on any atom is -0.363 e. The molecule has 0 heterocycles. The first kappa shape index (κ1) is 17.9. The molecule has 0 aliphatic rings. The zero-order valence-electron chi connectivity index (χ0n) is 13.1. The number of nitrogens with zero attached hydrogens (tertiary/aromatic N) is 1. The van der Waals surface area contributed by atoms with Gasteiger partial charge in [-0.25, -0.2) is 0 Å². The smallest absolute Gasteiger partial charge is 0.109 e. The van der Waals surface area contributed by atoms with E-state index in [9.17, 15) is 0 Å². The fourth-order valence-electron chi connectivity index (χ4n) is 1.91. The molecule has 0 N–H and O–H groups in total. The average Bonchev–Trinajstić information content (AvgIpc) is 2.36. The third-order valence-electron chi connectivity index (χ3n) is 3.13. The van der Waals surface area contributed by atoms with Crippen molar-refractivity contribution in [1.82, 2.24) is 4.90 Å². The van der Waals surface area contributed by atoms with Crippen LogP contribution in [-0.4, -0.2) is 37.1 Å².